The Morgan fingerprint density at radius 2 is 0.797 bits per heavy atom. The Morgan fingerprint density at radius 3 is 1.02 bits per heavy atom. The quantitative estimate of drug-likeness (QED) is 0.0803. The summed E-state index contributed by atoms with van der Waals surface area (Å²) >= 11 is 0. The second-order valence-corrected chi connectivity index (χ2v) is 14.2. The van der Waals surface area contributed by atoms with Crippen LogP contribution in [0.1, 0.15) is 109 Å². The molecule has 336 valence electrons. The van der Waals surface area contributed by atoms with Crippen LogP contribution in [-0.2, 0) is 19.1 Å². The Bertz CT molecular complexity index is 1460. The molecular weight excluding hydrogens is 788 g/mol. The molecule has 20 nitrogen and oxygen atoms in total. The van der Waals surface area contributed by atoms with Crippen LogP contribution in [0.2, 0.25) is 0 Å². The third kappa shape index (κ3) is 34.3. The molecule has 0 atom stereocenters. The van der Waals surface area contributed by atoms with Gasteiger partial charge in [-0.25, -0.2) is 19.2 Å². The zero-order valence-electron chi connectivity index (χ0n) is 34.0. The van der Waals surface area contributed by atoms with Gasteiger partial charge >= 0.3 is 41.8 Å². The number of aliphatic hydroxyl groups is 6. The molecule has 0 saturated heterocycles. The highest BCUT2D eigenvalue weighted by Crippen LogP contribution is 2.20. The highest BCUT2D eigenvalue weighted by atomic mass is 16.5. The normalized spacial score (nSPS) is 10.3. The number of carboxylic acid groups (broad SMARTS) is 6. The van der Waals surface area contributed by atoms with E-state index in [1.54, 1.807) is 41.5 Å². The van der Waals surface area contributed by atoms with Crippen LogP contribution in [0.15, 0.2) is 48.5 Å². The van der Waals surface area contributed by atoms with Gasteiger partial charge in [0.05, 0.1) is 73.9 Å². The summed E-state index contributed by atoms with van der Waals surface area (Å²) in [5.41, 5.74) is -1.47. The second kappa shape index (κ2) is 32.4. The molecule has 2 aromatic carbocycles. The maximum Gasteiger partial charge on any atom is 0.335 e. The van der Waals surface area contributed by atoms with Gasteiger partial charge in [0.25, 0.3) is 0 Å². The van der Waals surface area contributed by atoms with Crippen LogP contribution in [-0.4, -0.2) is 149 Å². The molecule has 0 saturated carbocycles. The molecule has 0 spiro atoms. The number of ether oxygens (including phenoxy) is 1. The van der Waals surface area contributed by atoms with Crippen molar-refractivity contribution in [2.24, 2.45) is 16.2 Å². The minimum atomic E-state index is -1.13. The number of carbonyl (C=O) groups is 7. The molecule has 2 rings (SSSR count). The lowest BCUT2D eigenvalue weighted by molar-refractivity contribution is -0.160. The standard InChI is InChI=1S/C10H20O4.2C8H6O4.C6H10O4.C5H12O2.C2H6O2/c1-9(2,5-11)7-14-8(13)10(3,4)6-12;9-7(10)5-1-2-6(4-3-5)8(11)12;9-7(10)5-2-1-3-6(4-5)8(11)12;7-5(8)3-1-2-4-6(9)10;1-5(2,3-6)4-7;3-1-2-4/h11-12H,5-7H2,1-4H3;2*1-4H,(H,9,10)(H,11,12);1-4H2,(H,7,8)(H,9,10);6-7H,3-4H2,1-2H3;3-4H,1-2H2. The van der Waals surface area contributed by atoms with Crippen molar-refractivity contribution in [1.29, 1.82) is 0 Å². The molecule has 0 fully saturated rings. The summed E-state index contributed by atoms with van der Waals surface area (Å²) < 4.78 is 4.99. The maximum atomic E-state index is 11.4. The average Bonchev–Trinajstić information content (AvgIpc) is 3.19. The highest BCUT2D eigenvalue weighted by molar-refractivity contribution is 5.93. The summed E-state index contributed by atoms with van der Waals surface area (Å²) in [5.74, 6) is -6.56. The summed E-state index contributed by atoms with van der Waals surface area (Å²) in [5, 5.41) is 100. The van der Waals surface area contributed by atoms with Crippen molar-refractivity contribution in [2.45, 2.75) is 67.2 Å². The lowest BCUT2D eigenvalue weighted by atomic mass is 9.94. The average molecular weight is 849 g/mol. The molecule has 59 heavy (non-hydrogen) atoms. The van der Waals surface area contributed by atoms with Gasteiger partial charge in [0, 0.05) is 23.7 Å². The Balaban J connectivity index is -0.000000317. The van der Waals surface area contributed by atoms with Crippen molar-refractivity contribution in [2.75, 3.05) is 46.2 Å². The first-order chi connectivity index (χ1) is 27.1. The fourth-order valence-electron chi connectivity index (χ4n) is 2.71. The Labute approximate surface area is 341 Å². The molecule has 0 aliphatic carbocycles. The molecule has 0 heterocycles. The van der Waals surface area contributed by atoms with Crippen LogP contribution in [0, 0.1) is 16.2 Å². The molecule has 20 heteroatoms. The fraction of sp³-hybridized carbons (Fsp3) is 0.513. The van der Waals surface area contributed by atoms with Gasteiger partial charge in [0.1, 0.15) is 0 Å². The predicted octanol–water partition coefficient (Wildman–Crippen LogP) is 2.42. The number of esters is 1. The summed E-state index contributed by atoms with van der Waals surface area (Å²) in [6, 6.07) is 10.2. The lowest BCUT2D eigenvalue weighted by Crippen LogP contribution is -2.34. The molecule has 0 aliphatic heterocycles. The lowest BCUT2D eigenvalue weighted by Gasteiger charge is -2.25. The van der Waals surface area contributed by atoms with Crippen molar-refractivity contribution >= 4 is 41.8 Å². The molecular formula is C39H60O20. The van der Waals surface area contributed by atoms with Crippen LogP contribution in [0.4, 0.5) is 0 Å². The van der Waals surface area contributed by atoms with Gasteiger partial charge in [-0.15, -0.1) is 0 Å². The van der Waals surface area contributed by atoms with Crippen molar-refractivity contribution in [3.05, 3.63) is 70.8 Å². The Hall–Kier alpha value is -5.51. The van der Waals surface area contributed by atoms with Gasteiger partial charge in [-0.2, -0.15) is 0 Å². The number of hydrogen-bond acceptors (Lipinski definition) is 14. The van der Waals surface area contributed by atoms with Gasteiger partial charge < -0.3 is 66.0 Å². The second-order valence-electron chi connectivity index (χ2n) is 14.2. The van der Waals surface area contributed by atoms with E-state index in [4.69, 9.17) is 66.0 Å². The molecule has 0 aliphatic rings. The van der Waals surface area contributed by atoms with Gasteiger partial charge in [-0.1, -0.05) is 33.8 Å². The minimum Gasteiger partial charge on any atom is -0.481 e. The van der Waals surface area contributed by atoms with E-state index in [0.717, 1.165) is 6.07 Å². The monoisotopic (exact) mass is 848 g/mol. The zero-order chi connectivity index (χ0) is 47.0. The number of carboxylic acids is 6. The van der Waals surface area contributed by atoms with E-state index in [2.05, 4.69) is 0 Å². The molecule has 12 N–H and O–H groups in total. The molecule has 0 aromatic heterocycles. The maximum absolute atomic E-state index is 11.4. The van der Waals surface area contributed by atoms with Crippen molar-refractivity contribution in [3.8, 4) is 0 Å². The first kappa shape index (κ1) is 60.2. The number of benzene rings is 2. The predicted molar refractivity (Wildman–Crippen MR) is 209 cm³/mol. The first-order valence-electron chi connectivity index (χ1n) is 17.5. The number of rotatable bonds is 17. The van der Waals surface area contributed by atoms with E-state index in [-0.39, 0.29) is 86.8 Å². The van der Waals surface area contributed by atoms with E-state index in [1.165, 1.54) is 42.5 Å². The number of unbranched alkanes of at least 4 members (excludes halogenated alkanes) is 1. The van der Waals surface area contributed by atoms with Crippen molar-refractivity contribution in [3.63, 3.8) is 0 Å². The van der Waals surface area contributed by atoms with E-state index in [9.17, 15) is 33.6 Å². The van der Waals surface area contributed by atoms with Crippen LogP contribution in [0.5, 0.6) is 0 Å². The largest absolute Gasteiger partial charge is 0.481 e. The minimum absolute atomic E-state index is 0.0186. The summed E-state index contributed by atoms with van der Waals surface area (Å²) in [6.07, 6.45) is 1.02. The molecule has 0 amide bonds. The highest BCUT2D eigenvalue weighted by Gasteiger charge is 2.30. The SMILES string of the molecule is CC(C)(CO)CO.CC(C)(CO)COC(=O)C(C)(C)CO.O=C(O)CCCCC(=O)O.O=C(O)c1ccc(C(=O)O)cc1.O=C(O)c1cccc(C(=O)O)c1.OCCO. The summed E-state index contributed by atoms with van der Waals surface area (Å²) in [6.45, 7) is 10.1. The summed E-state index contributed by atoms with van der Waals surface area (Å²) in [7, 11) is 0. The molecule has 0 bridgehead atoms. The number of hydrogen-bond donors (Lipinski definition) is 12. The third-order valence-electron chi connectivity index (χ3n) is 6.69. The van der Waals surface area contributed by atoms with Gasteiger partial charge in [0.15, 0.2) is 0 Å². The number of carbonyl (C=O) groups excluding carboxylic acids is 1. The number of aromatic carboxylic acids is 4. The van der Waals surface area contributed by atoms with E-state index in [0.29, 0.717) is 12.8 Å². The van der Waals surface area contributed by atoms with Crippen LogP contribution < -0.4 is 0 Å². The first-order valence-corrected chi connectivity index (χ1v) is 17.5. The van der Waals surface area contributed by atoms with Crippen LogP contribution in [0.25, 0.3) is 0 Å². The Morgan fingerprint density at radius 1 is 0.475 bits per heavy atom. The van der Waals surface area contributed by atoms with Crippen molar-refractivity contribution < 1.29 is 99.6 Å². The summed E-state index contributed by atoms with van der Waals surface area (Å²) in [4.78, 5) is 72.6. The third-order valence-corrected chi connectivity index (χ3v) is 6.69. The topological polar surface area (TPSA) is 371 Å². The number of aliphatic carboxylic acids is 2. The molecule has 2 aromatic rings. The molecule has 0 radical (unpaired) electrons. The van der Waals surface area contributed by atoms with E-state index < -0.39 is 52.6 Å². The van der Waals surface area contributed by atoms with Crippen LogP contribution in [0.3, 0.4) is 0 Å². The molecule has 0 unspecified atom stereocenters. The van der Waals surface area contributed by atoms with Crippen molar-refractivity contribution in [1.82, 2.24) is 0 Å². The zero-order valence-corrected chi connectivity index (χ0v) is 34.0. The van der Waals surface area contributed by atoms with E-state index >= 15 is 0 Å². The van der Waals surface area contributed by atoms with Crippen LogP contribution >= 0.6 is 0 Å². The van der Waals surface area contributed by atoms with E-state index in [1.807, 2.05) is 0 Å². The fourth-order valence-corrected chi connectivity index (χ4v) is 2.71. The van der Waals surface area contributed by atoms with Gasteiger partial charge in [0.2, 0.25) is 0 Å². The Kier molecular flexibility index (Phi) is 33.1. The van der Waals surface area contributed by atoms with Gasteiger partial charge in [-0.3, -0.25) is 14.4 Å². The number of aliphatic hydroxyl groups excluding tert-OH is 6. The smallest absolute Gasteiger partial charge is 0.335 e. The van der Waals surface area contributed by atoms with Gasteiger partial charge in [-0.05, 0) is 69.2 Å².